The summed E-state index contributed by atoms with van der Waals surface area (Å²) in [5, 5.41) is 29.3. The van der Waals surface area contributed by atoms with E-state index in [1.54, 1.807) is 6.07 Å². The zero-order valence-corrected chi connectivity index (χ0v) is 16.0. The molecule has 2 aromatic carbocycles. The number of aliphatic hydroxyl groups excluding tert-OH is 3. The van der Waals surface area contributed by atoms with Gasteiger partial charge in [-0.2, -0.15) is 0 Å². The largest absolute Gasteiger partial charge is 0.393 e. The second-order valence-corrected chi connectivity index (χ2v) is 7.37. The van der Waals surface area contributed by atoms with Gasteiger partial charge in [0.2, 0.25) is 0 Å². The van der Waals surface area contributed by atoms with Crippen molar-refractivity contribution in [2.24, 2.45) is 0 Å². The lowest BCUT2D eigenvalue weighted by Gasteiger charge is -2.42. The molecule has 4 unspecified atom stereocenters. The van der Waals surface area contributed by atoms with Crippen LogP contribution in [0.1, 0.15) is 40.8 Å². The third kappa shape index (κ3) is 3.96. The highest BCUT2D eigenvalue weighted by atomic mass is 19.3. The van der Waals surface area contributed by atoms with Gasteiger partial charge in [-0.25, -0.2) is 8.78 Å². The van der Waals surface area contributed by atoms with Crippen LogP contribution in [0.2, 0.25) is 0 Å². The number of benzene rings is 2. The van der Waals surface area contributed by atoms with Crippen LogP contribution in [0.15, 0.2) is 42.5 Å². The van der Waals surface area contributed by atoms with Crippen molar-refractivity contribution < 1.29 is 28.8 Å². The first-order valence-corrected chi connectivity index (χ1v) is 9.45. The van der Waals surface area contributed by atoms with E-state index in [1.807, 2.05) is 19.1 Å². The number of aryl methyl sites for hydroxylation is 2. The number of rotatable bonds is 5. The maximum atomic E-state index is 14.0. The molecule has 0 amide bonds. The second-order valence-electron chi connectivity index (χ2n) is 7.37. The Morgan fingerprint density at radius 2 is 1.68 bits per heavy atom. The van der Waals surface area contributed by atoms with E-state index in [1.165, 1.54) is 5.56 Å². The van der Waals surface area contributed by atoms with Gasteiger partial charge in [0.15, 0.2) is 0 Å². The highest BCUT2D eigenvalue weighted by Crippen LogP contribution is 2.41. The molecule has 4 atom stereocenters. The fraction of sp³-hybridized carbons (Fsp3) is 0.455. The third-order valence-corrected chi connectivity index (χ3v) is 5.46. The third-order valence-electron chi connectivity index (χ3n) is 5.46. The number of hydrogen-bond donors (Lipinski definition) is 3. The van der Waals surface area contributed by atoms with Crippen LogP contribution in [-0.2, 0) is 17.6 Å². The fourth-order valence-electron chi connectivity index (χ4n) is 3.54. The van der Waals surface area contributed by atoms with Crippen molar-refractivity contribution >= 4 is 0 Å². The molecule has 6 heteroatoms. The van der Waals surface area contributed by atoms with Crippen molar-refractivity contribution in [1.82, 2.24) is 0 Å². The van der Waals surface area contributed by atoms with E-state index in [9.17, 15) is 24.1 Å². The molecule has 1 aliphatic heterocycles. The smallest absolute Gasteiger partial charge is 0.303 e. The lowest BCUT2D eigenvalue weighted by Crippen LogP contribution is -2.59. The van der Waals surface area contributed by atoms with E-state index in [-0.39, 0.29) is 0 Å². The first kappa shape index (κ1) is 20.9. The molecule has 0 bridgehead atoms. The lowest BCUT2D eigenvalue weighted by atomic mass is 9.88. The van der Waals surface area contributed by atoms with Crippen LogP contribution in [-0.4, -0.2) is 46.2 Å². The van der Waals surface area contributed by atoms with Crippen LogP contribution in [0.4, 0.5) is 8.78 Å². The van der Waals surface area contributed by atoms with Crippen LogP contribution in [0, 0.1) is 6.92 Å². The average Bonchev–Trinajstić information content (AvgIpc) is 2.69. The monoisotopic (exact) mass is 392 g/mol. The number of aliphatic hydroxyl groups is 3. The summed E-state index contributed by atoms with van der Waals surface area (Å²) in [6, 6.07) is 13.6. The Kier molecular flexibility index (Phi) is 6.15. The van der Waals surface area contributed by atoms with E-state index < -0.39 is 36.9 Å². The van der Waals surface area contributed by atoms with Crippen molar-refractivity contribution in [3.8, 4) is 0 Å². The molecule has 1 fully saturated rings. The van der Waals surface area contributed by atoms with Crippen molar-refractivity contribution in [2.75, 3.05) is 6.61 Å². The normalized spacial score (nSPS) is 27.0. The minimum absolute atomic E-state index is 0.492. The average molecular weight is 392 g/mol. The van der Waals surface area contributed by atoms with Gasteiger partial charge in [0, 0.05) is 0 Å². The molecule has 152 valence electrons. The summed E-state index contributed by atoms with van der Waals surface area (Å²) in [6.45, 7) is 3.10. The Labute approximate surface area is 163 Å². The highest BCUT2D eigenvalue weighted by molar-refractivity contribution is 5.37. The summed E-state index contributed by atoms with van der Waals surface area (Å²) in [5.74, 6) is -3.72. The molecule has 0 radical (unpaired) electrons. The Bertz CT molecular complexity index is 803. The van der Waals surface area contributed by atoms with Crippen LogP contribution >= 0.6 is 0 Å². The predicted molar refractivity (Wildman–Crippen MR) is 101 cm³/mol. The summed E-state index contributed by atoms with van der Waals surface area (Å²) in [5.41, 5.74) is 4.86. The van der Waals surface area contributed by atoms with Crippen LogP contribution in [0.5, 0.6) is 0 Å². The van der Waals surface area contributed by atoms with Gasteiger partial charge in [-0.05, 0) is 47.6 Å². The van der Waals surface area contributed by atoms with Gasteiger partial charge in [-0.15, -0.1) is 0 Å². The molecule has 3 rings (SSSR count). The zero-order valence-electron chi connectivity index (χ0n) is 16.0. The highest BCUT2D eigenvalue weighted by Gasteiger charge is 2.57. The van der Waals surface area contributed by atoms with E-state index in [2.05, 4.69) is 31.2 Å². The maximum Gasteiger partial charge on any atom is 0.303 e. The number of halogens is 2. The van der Waals surface area contributed by atoms with E-state index in [4.69, 9.17) is 4.74 Å². The summed E-state index contributed by atoms with van der Waals surface area (Å²) in [7, 11) is 0. The Morgan fingerprint density at radius 3 is 2.29 bits per heavy atom. The second kappa shape index (κ2) is 8.25. The summed E-state index contributed by atoms with van der Waals surface area (Å²) in [6.07, 6.45) is -5.51. The van der Waals surface area contributed by atoms with E-state index >= 15 is 0 Å². The number of alkyl halides is 2. The first-order valence-electron chi connectivity index (χ1n) is 9.45. The Balaban J connectivity index is 1.87. The van der Waals surface area contributed by atoms with Crippen molar-refractivity contribution in [2.45, 2.75) is 57.0 Å². The quantitative estimate of drug-likeness (QED) is 0.732. The van der Waals surface area contributed by atoms with Crippen molar-refractivity contribution in [3.05, 3.63) is 70.3 Å². The zero-order chi connectivity index (χ0) is 20.5. The van der Waals surface area contributed by atoms with E-state index in [0.717, 1.165) is 23.1 Å². The van der Waals surface area contributed by atoms with Gasteiger partial charge < -0.3 is 20.1 Å². The molecule has 1 aliphatic rings. The molecule has 2 aromatic rings. The molecule has 1 heterocycles. The first-order chi connectivity index (χ1) is 13.3. The van der Waals surface area contributed by atoms with Gasteiger partial charge >= 0.3 is 5.92 Å². The van der Waals surface area contributed by atoms with Gasteiger partial charge in [0.25, 0.3) is 0 Å². The number of hydrogen-bond acceptors (Lipinski definition) is 4. The summed E-state index contributed by atoms with van der Waals surface area (Å²) < 4.78 is 33.3. The van der Waals surface area contributed by atoms with Crippen LogP contribution < -0.4 is 0 Å². The molecule has 0 aromatic heterocycles. The van der Waals surface area contributed by atoms with Crippen molar-refractivity contribution in [1.29, 1.82) is 0 Å². The molecule has 0 saturated carbocycles. The van der Waals surface area contributed by atoms with Crippen LogP contribution in [0.25, 0.3) is 0 Å². The molecule has 0 aliphatic carbocycles. The van der Waals surface area contributed by atoms with E-state index in [0.29, 0.717) is 12.0 Å². The van der Waals surface area contributed by atoms with Crippen molar-refractivity contribution in [3.63, 3.8) is 0 Å². The summed E-state index contributed by atoms with van der Waals surface area (Å²) in [4.78, 5) is 0. The molecule has 4 nitrogen and oxygen atoms in total. The molecular formula is C22H26F2O4. The minimum atomic E-state index is -3.72. The Morgan fingerprint density at radius 1 is 1.04 bits per heavy atom. The standard InChI is InChI=1S/C22H26F2O4/c1-3-14-5-7-15(8-6-14)10-17-11-16(9-4-13(17)2)20-19(26)21(27)22(23,24)18(12-25)28-20/h4-9,11,18-21,25-27H,3,10,12H2,1-2H3. The maximum absolute atomic E-state index is 14.0. The molecule has 3 N–H and O–H groups in total. The molecule has 0 spiro atoms. The topological polar surface area (TPSA) is 69.9 Å². The van der Waals surface area contributed by atoms with Gasteiger partial charge in [-0.1, -0.05) is 49.4 Å². The lowest BCUT2D eigenvalue weighted by molar-refractivity contribution is -0.296. The van der Waals surface area contributed by atoms with Gasteiger partial charge in [0.1, 0.15) is 24.4 Å². The molecule has 1 saturated heterocycles. The molecule has 28 heavy (non-hydrogen) atoms. The fourth-order valence-corrected chi connectivity index (χ4v) is 3.54. The number of ether oxygens (including phenoxy) is 1. The Hall–Kier alpha value is -1.86. The predicted octanol–water partition coefficient (Wildman–Crippen LogP) is 2.94. The minimum Gasteiger partial charge on any atom is -0.393 e. The SMILES string of the molecule is CCc1ccc(Cc2cc(C3OC(CO)C(F)(F)C(O)C3O)ccc2C)cc1. The van der Waals surface area contributed by atoms with Crippen LogP contribution in [0.3, 0.4) is 0 Å². The van der Waals surface area contributed by atoms with Gasteiger partial charge in [0.05, 0.1) is 6.61 Å². The molecular weight excluding hydrogens is 366 g/mol. The van der Waals surface area contributed by atoms with Gasteiger partial charge in [-0.3, -0.25) is 0 Å². The summed E-state index contributed by atoms with van der Waals surface area (Å²) >= 11 is 0.